The fraction of sp³-hybridized carbons (Fsp3) is 0.455. The zero-order valence-corrected chi connectivity index (χ0v) is 8.95. The Labute approximate surface area is 85.7 Å². The third-order valence-corrected chi connectivity index (χ3v) is 2.66. The molecule has 1 atom stereocenters. The standard InChI is InChI=1S/C11H15N.ClH/c1-7-3-8(2)11-6-10(12)5-9(11)4-7;/h3-4,10H,5-6,12H2,1-2H3;1H. The topological polar surface area (TPSA) is 26.0 Å². The summed E-state index contributed by atoms with van der Waals surface area (Å²) in [5, 5.41) is 0. The summed E-state index contributed by atoms with van der Waals surface area (Å²) >= 11 is 0. The number of hydrogen-bond donors (Lipinski definition) is 1. The molecule has 0 aromatic heterocycles. The molecule has 1 aromatic rings. The highest BCUT2D eigenvalue weighted by molar-refractivity contribution is 5.85. The van der Waals surface area contributed by atoms with Crippen LogP contribution in [0.3, 0.4) is 0 Å². The Morgan fingerprint density at radius 3 is 2.62 bits per heavy atom. The van der Waals surface area contributed by atoms with Gasteiger partial charge in [-0.15, -0.1) is 12.4 Å². The number of hydrogen-bond acceptors (Lipinski definition) is 1. The van der Waals surface area contributed by atoms with Crippen LogP contribution in [0, 0.1) is 13.8 Å². The maximum atomic E-state index is 5.90. The van der Waals surface area contributed by atoms with Gasteiger partial charge in [0.15, 0.2) is 0 Å². The van der Waals surface area contributed by atoms with Crippen molar-refractivity contribution in [3.63, 3.8) is 0 Å². The second kappa shape index (κ2) is 3.69. The van der Waals surface area contributed by atoms with Crippen molar-refractivity contribution in [1.82, 2.24) is 0 Å². The van der Waals surface area contributed by atoms with E-state index in [4.69, 9.17) is 5.73 Å². The molecule has 1 aliphatic carbocycles. The first-order valence-corrected chi connectivity index (χ1v) is 4.51. The maximum absolute atomic E-state index is 5.90. The largest absolute Gasteiger partial charge is 0.327 e. The number of aryl methyl sites for hydroxylation is 2. The molecular formula is C11H16ClN. The van der Waals surface area contributed by atoms with Crippen molar-refractivity contribution in [2.24, 2.45) is 5.73 Å². The van der Waals surface area contributed by atoms with Gasteiger partial charge in [0, 0.05) is 6.04 Å². The van der Waals surface area contributed by atoms with Crippen molar-refractivity contribution in [3.8, 4) is 0 Å². The molecule has 1 aliphatic rings. The van der Waals surface area contributed by atoms with Gasteiger partial charge in [0.25, 0.3) is 0 Å². The molecule has 0 amide bonds. The first kappa shape index (κ1) is 10.6. The molecule has 1 aromatic carbocycles. The summed E-state index contributed by atoms with van der Waals surface area (Å²) in [4.78, 5) is 0. The Morgan fingerprint density at radius 1 is 1.23 bits per heavy atom. The Hall–Kier alpha value is -0.530. The van der Waals surface area contributed by atoms with Crippen LogP contribution in [0.25, 0.3) is 0 Å². The van der Waals surface area contributed by atoms with E-state index in [2.05, 4.69) is 26.0 Å². The van der Waals surface area contributed by atoms with Crippen LogP contribution >= 0.6 is 12.4 Å². The van der Waals surface area contributed by atoms with Crippen LogP contribution < -0.4 is 5.73 Å². The maximum Gasteiger partial charge on any atom is 0.0120 e. The zero-order chi connectivity index (χ0) is 8.72. The Bertz CT molecular complexity index is 320. The summed E-state index contributed by atoms with van der Waals surface area (Å²) in [5.74, 6) is 0. The third kappa shape index (κ3) is 1.87. The lowest BCUT2D eigenvalue weighted by molar-refractivity contribution is 0.720. The average molecular weight is 198 g/mol. The second-order valence-electron chi connectivity index (χ2n) is 3.89. The van der Waals surface area contributed by atoms with Gasteiger partial charge in [-0.2, -0.15) is 0 Å². The molecule has 0 spiro atoms. The van der Waals surface area contributed by atoms with Gasteiger partial charge in [-0.1, -0.05) is 17.7 Å². The lowest BCUT2D eigenvalue weighted by Gasteiger charge is -2.04. The SMILES string of the molecule is Cc1cc(C)c2c(c1)CC(N)C2.Cl. The molecule has 1 nitrogen and oxygen atoms in total. The molecule has 13 heavy (non-hydrogen) atoms. The highest BCUT2D eigenvalue weighted by Gasteiger charge is 2.19. The van der Waals surface area contributed by atoms with E-state index in [1.54, 1.807) is 0 Å². The van der Waals surface area contributed by atoms with Gasteiger partial charge in [0.2, 0.25) is 0 Å². The van der Waals surface area contributed by atoms with Gasteiger partial charge in [-0.25, -0.2) is 0 Å². The van der Waals surface area contributed by atoms with Gasteiger partial charge in [-0.3, -0.25) is 0 Å². The smallest absolute Gasteiger partial charge is 0.0120 e. The molecule has 1 unspecified atom stereocenters. The van der Waals surface area contributed by atoms with Crippen molar-refractivity contribution < 1.29 is 0 Å². The van der Waals surface area contributed by atoms with Crippen molar-refractivity contribution in [2.75, 3.05) is 0 Å². The Morgan fingerprint density at radius 2 is 1.92 bits per heavy atom. The van der Waals surface area contributed by atoms with Gasteiger partial charge >= 0.3 is 0 Å². The quantitative estimate of drug-likeness (QED) is 0.678. The molecule has 0 saturated heterocycles. The van der Waals surface area contributed by atoms with Crippen molar-refractivity contribution in [1.29, 1.82) is 0 Å². The second-order valence-corrected chi connectivity index (χ2v) is 3.89. The highest BCUT2D eigenvalue weighted by Crippen LogP contribution is 2.25. The van der Waals surface area contributed by atoms with Gasteiger partial charge < -0.3 is 5.73 Å². The van der Waals surface area contributed by atoms with Gasteiger partial charge in [0.1, 0.15) is 0 Å². The predicted molar refractivity (Wildman–Crippen MR) is 58.5 cm³/mol. The van der Waals surface area contributed by atoms with Crippen LogP contribution in [0.4, 0.5) is 0 Å². The number of halogens is 1. The summed E-state index contributed by atoms with van der Waals surface area (Å²) in [5.41, 5.74) is 11.6. The number of benzene rings is 1. The lowest BCUT2D eigenvalue weighted by Crippen LogP contribution is -2.19. The minimum absolute atomic E-state index is 0. The molecule has 72 valence electrons. The third-order valence-electron chi connectivity index (χ3n) is 2.66. The average Bonchev–Trinajstić information content (AvgIpc) is 2.29. The van der Waals surface area contributed by atoms with Crippen molar-refractivity contribution >= 4 is 12.4 Å². The first-order valence-electron chi connectivity index (χ1n) is 4.51. The summed E-state index contributed by atoms with van der Waals surface area (Å²) in [6.07, 6.45) is 2.14. The van der Waals surface area contributed by atoms with E-state index in [9.17, 15) is 0 Å². The zero-order valence-electron chi connectivity index (χ0n) is 8.13. The van der Waals surface area contributed by atoms with Crippen LogP contribution in [0.1, 0.15) is 22.3 Å². The van der Waals surface area contributed by atoms with E-state index < -0.39 is 0 Å². The van der Waals surface area contributed by atoms with Crippen LogP contribution in [0.15, 0.2) is 12.1 Å². The number of nitrogens with two attached hydrogens (primary N) is 1. The van der Waals surface area contributed by atoms with E-state index in [1.807, 2.05) is 0 Å². The van der Waals surface area contributed by atoms with Gasteiger partial charge in [0.05, 0.1) is 0 Å². The van der Waals surface area contributed by atoms with E-state index in [0.29, 0.717) is 6.04 Å². The van der Waals surface area contributed by atoms with E-state index in [-0.39, 0.29) is 12.4 Å². The monoisotopic (exact) mass is 197 g/mol. The molecule has 0 bridgehead atoms. The summed E-state index contributed by atoms with van der Waals surface area (Å²) in [6, 6.07) is 4.88. The van der Waals surface area contributed by atoms with Crippen LogP contribution in [0.2, 0.25) is 0 Å². The van der Waals surface area contributed by atoms with Crippen LogP contribution in [-0.4, -0.2) is 6.04 Å². The normalized spacial score (nSPS) is 19.5. The van der Waals surface area contributed by atoms with Crippen molar-refractivity contribution in [2.45, 2.75) is 32.7 Å². The van der Waals surface area contributed by atoms with Crippen molar-refractivity contribution in [3.05, 3.63) is 34.4 Å². The fourth-order valence-electron chi connectivity index (χ4n) is 2.18. The number of fused-ring (bicyclic) bond motifs is 1. The molecule has 0 radical (unpaired) electrons. The van der Waals surface area contributed by atoms with E-state index >= 15 is 0 Å². The minimum atomic E-state index is 0. The molecular weight excluding hydrogens is 182 g/mol. The summed E-state index contributed by atoms with van der Waals surface area (Å²) < 4.78 is 0. The molecule has 0 fully saturated rings. The predicted octanol–water partition coefficient (Wildman–Crippen LogP) is 2.15. The van der Waals surface area contributed by atoms with Crippen LogP contribution in [-0.2, 0) is 12.8 Å². The fourth-order valence-corrected chi connectivity index (χ4v) is 2.18. The molecule has 2 heteroatoms. The van der Waals surface area contributed by atoms with Crippen LogP contribution in [0.5, 0.6) is 0 Å². The minimum Gasteiger partial charge on any atom is -0.327 e. The highest BCUT2D eigenvalue weighted by atomic mass is 35.5. The summed E-state index contributed by atoms with van der Waals surface area (Å²) in [6.45, 7) is 4.33. The molecule has 0 saturated carbocycles. The lowest BCUT2D eigenvalue weighted by atomic mass is 10.0. The Balaban J connectivity index is 0.000000845. The molecule has 0 heterocycles. The Kier molecular flexibility index (Phi) is 2.99. The first-order chi connectivity index (χ1) is 5.66. The van der Waals surface area contributed by atoms with Gasteiger partial charge in [-0.05, 0) is 43.4 Å². The molecule has 0 aliphatic heterocycles. The molecule has 2 N–H and O–H groups in total. The van der Waals surface area contributed by atoms with E-state index in [1.165, 1.54) is 22.3 Å². The van der Waals surface area contributed by atoms with E-state index in [0.717, 1.165) is 12.8 Å². The summed E-state index contributed by atoms with van der Waals surface area (Å²) in [7, 11) is 0. The number of rotatable bonds is 0. The molecule has 2 rings (SSSR count).